The molecule has 0 saturated heterocycles. The summed E-state index contributed by atoms with van der Waals surface area (Å²) in [5, 5.41) is 11.9. The Labute approximate surface area is 97.5 Å². The lowest BCUT2D eigenvalue weighted by molar-refractivity contribution is -0.138. The minimum atomic E-state index is -1.05. The molecule has 6 heteroatoms. The quantitative estimate of drug-likeness (QED) is 0.838. The molecule has 0 saturated carbocycles. The summed E-state index contributed by atoms with van der Waals surface area (Å²) in [4.78, 5) is 26.7. The van der Waals surface area contributed by atoms with E-state index in [2.05, 4.69) is 10.3 Å². The van der Waals surface area contributed by atoms with Crippen LogP contribution >= 0.6 is 11.3 Å². The maximum Gasteiger partial charge on any atom is 0.325 e. The van der Waals surface area contributed by atoms with Gasteiger partial charge in [0.15, 0.2) is 0 Å². The van der Waals surface area contributed by atoms with Gasteiger partial charge in [-0.05, 0) is 6.92 Å². The van der Waals surface area contributed by atoms with Gasteiger partial charge in [-0.25, -0.2) is 4.98 Å². The molecule has 16 heavy (non-hydrogen) atoms. The van der Waals surface area contributed by atoms with Crippen molar-refractivity contribution >= 4 is 23.2 Å². The van der Waals surface area contributed by atoms with E-state index in [4.69, 9.17) is 5.11 Å². The van der Waals surface area contributed by atoms with Crippen molar-refractivity contribution < 1.29 is 14.7 Å². The molecule has 1 atom stereocenters. The number of carbonyl (C=O) groups is 2. The molecule has 0 aromatic carbocycles. The Kier molecular flexibility index (Phi) is 4.00. The highest BCUT2D eigenvalue weighted by Gasteiger charge is 2.17. The lowest BCUT2D eigenvalue weighted by atomic mass is 10.2. The standard InChI is InChI=1S/C10H14N2O3S/c1-5(2)9-11-4-7(16-9)8(13)12-6(3)10(14)15/h4-6H,1-3H3,(H,12,13)(H,14,15)/t6-/m0/s1. The second-order valence-corrected chi connectivity index (χ2v) is 4.81. The third-order valence-electron chi connectivity index (χ3n) is 1.96. The Hall–Kier alpha value is -1.43. The van der Waals surface area contributed by atoms with Gasteiger partial charge < -0.3 is 10.4 Å². The molecule has 0 fully saturated rings. The van der Waals surface area contributed by atoms with Gasteiger partial charge >= 0.3 is 5.97 Å². The predicted molar refractivity (Wildman–Crippen MR) is 60.8 cm³/mol. The topological polar surface area (TPSA) is 79.3 Å². The fraction of sp³-hybridized carbons (Fsp3) is 0.500. The van der Waals surface area contributed by atoms with E-state index >= 15 is 0 Å². The van der Waals surface area contributed by atoms with E-state index in [0.717, 1.165) is 5.01 Å². The van der Waals surface area contributed by atoms with Crippen LogP contribution in [0.4, 0.5) is 0 Å². The van der Waals surface area contributed by atoms with Crippen molar-refractivity contribution in [3.05, 3.63) is 16.1 Å². The number of aliphatic carboxylic acids is 1. The number of hydrogen-bond donors (Lipinski definition) is 2. The fourth-order valence-electron chi connectivity index (χ4n) is 0.989. The van der Waals surface area contributed by atoms with E-state index in [1.807, 2.05) is 13.8 Å². The van der Waals surface area contributed by atoms with Crippen molar-refractivity contribution in [2.24, 2.45) is 0 Å². The summed E-state index contributed by atoms with van der Waals surface area (Å²) in [6, 6.07) is -0.892. The number of nitrogens with zero attached hydrogens (tertiary/aromatic N) is 1. The van der Waals surface area contributed by atoms with Gasteiger partial charge in [0.2, 0.25) is 0 Å². The number of amides is 1. The molecule has 1 aromatic heterocycles. The van der Waals surface area contributed by atoms with Crippen LogP contribution in [-0.2, 0) is 4.79 Å². The van der Waals surface area contributed by atoms with Gasteiger partial charge in [-0.3, -0.25) is 9.59 Å². The first-order chi connectivity index (χ1) is 7.41. The molecule has 0 radical (unpaired) electrons. The normalized spacial score (nSPS) is 12.5. The molecule has 0 aliphatic carbocycles. The van der Waals surface area contributed by atoms with Crippen LogP contribution in [0.25, 0.3) is 0 Å². The number of hydrogen-bond acceptors (Lipinski definition) is 4. The van der Waals surface area contributed by atoms with Crippen molar-refractivity contribution in [3.8, 4) is 0 Å². The summed E-state index contributed by atoms with van der Waals surface area (Å²) in [5.41, 5.74) is 0. The molecule has 1 rings (SSSR count). The smallest absolute Gasteiger partial charge is 0.325 e. The molecule has 5 nitrogen and oxygen atoms in total. The highest BCUT2D eigenvalue weighted by Crippen LogP contribution is 2.20. The van der Waals surface area contributed by atoms with E-state index in [-0.39, 0.29) is 11.8 Å². The fourth-order valence-corrected chi connectivity index (χ4v) is 1.81. The van der Waals surface area contributed by atoms with Gasteiger partial charge in [0.25, 0.3) is 5.91 Å². The summed E-state index contributed by atoms with van der Waals surface area (Å²) in [7, 11) is 0. The number of carbonyl (C=O) groups excluding carboxylic acids is 1. The second-order valence-electron chi connectivity index (χ2n) is 3.75. The maximum atomic E-state index is 11.6. The lowest BCUT2D eigenvalue weighted by Crippen LogP contribution is -2.37. The number of thiazole rings is 1. The zero-order valence-corrected chi connectivity index (χ0v) is 10.2. The first-order valence-corrected chi connectivity index (χ1v) is 5.73. The molecule has 1 amide bonds. The van der Waals surface area contributed by atoms with Gasteiger partial charge in [-0.1, -0.05) is 13.8 Å². The number of carboxylic acids is 1. The average molecular weight is 242 g/mol. The molecular formula is C10H14N2O3S. The predicted octanol–water partition coefficient (Wildman–Crippen LogP) is 1.47. The number of aromatic nitrogens is 1. The zero-order chi connectivity index (χ0) is 12.3. The highest BCUT2D eigenvalue weighted by atomic mass is 32.1. The van der Waals surface area contributed by atoms with E-state index < -0.39 is 12.0 Å². The van der Waals surface area contributed by atoms with Crippen molar-refractivity contribution in [1.82, 2.24) is 10.3 Å². The van der Waals surface area contributed by atoms with Crippen LogP contribution in [0, 0.1) is 0 Å². The van der Waals surface area contributed by atoms with E-state index in [1.54, 1.807) is 0 Å². The number of nitrogens with one attached hydrogen (secondary N) is 1. The van der Waals surface area contributed by atoms with Gasteiger partial charge in [0, 0.05) is 5.92 Å². The summed E-state index contributed by atoms with van der Waals surface area (Å²) < 4.78 is 0. The Morgan fingerprint density at radius 1 is 1.44 bits per heavy atom. The molecule has 88 valence electrons. The van der Waals surface area contributed by atoms with Crippen LogP contribution < -0.4 is 5.32 Å². The van der Waals surface area contributed by atoms with Crippen molar-refractivity contribution in [2.45, 2.75) is 32.7 Å². The summed E-state index contributed by atoms with van der Waals surface area (Å²) in [6.45, 7) is 5.39. The van der Waals surface area contributed by atoms with Gasteiger partial charge in [-0.15, -0.1) is 11.3 Å². The minimum absolute atomic E-state index is 0.267. The van der Waals surface area contributed by atoms with Crippen LogP contribution in [-0.4, -0.2) is 28.0 Å². The van der Waals surface area contributed by atoms with Crippen LogP contribution in [0.5, 0.6) is 0 Å². The summed E-state index contributed by atoms with van der Waals surface area (Å²) >= 11 is 1.29. The first-order valence-electron chi connectivity index (χ1n) is 4.91. The largest absolute Gasteiger partial charge is 0.480 e. The van der Waals surface area contributed by atoms with Crippen molar-refractivity contribution in [1.29, 1.82) is 0 Å². The second kappa shape index (κ2) is 5.07. The van der Waals surface area contributed by atoms with E-state index in [0.29, 0.717) is 4.88 Å². The van der Waals surface area contributed by atoms with Crippen LogP contribution in [0.1, 0.15) is 41.4 Å². The summed E-state index contributed by atoms with van der Waals surface area (Å²) in [5.74, 6) is -1.18. The van der Waals surface area contributed by atoms with Crippen molar-refractivity contribution in [3.63, 3.8) is 0 Å². The molecule has 0 bridgehead atoms. The Morgan fingerprint density at radius 2 is 2.06 bits per heavy atom. The molecule has 0 spiro atoms. The Morgan fingerprint density at radius 3 is 2.50 bits per heavy atom. The van der Waals surface area contributed by atoms with Crippen molar-refractivity contribution in [2.75, 3.05) is 0 Å². The van der Waals surface area contributed by atoms with Crippen LogP contribution in [0.15, 0.2) is 6.20 Å². The molecule has 0 aliphatic rings. The van der Waals surface area contributed by atoms with E-state index in [9.17, 15) is 9.59 Å². The molecule has 0 aliphatic heterocycles. The third kappa shape index (κ3) is 3.03. The number of rotatable bonds is 4. The molecule has 0 unspecified atom stereocenters. The molecule has 1 heterocycles. The number of carboxylic acid groups (broad SMARTS) is 1. The van der Waals surface area contributed by atoms with Gasteiger partial charge in [0.1, 0.15) is 10.9 Å². The molecular weight excluding hydrogens is 228 g/mol. The highest BCUT2D eigenvalue weighted by molar-refractivity contribution is 7.13. The lowest BCUT2D eigenvalue weighted by Gasteiger charge is -2.06. The minimum Gasteiger partial charge on any atom is -0.480 e. The van der Waals surface area contributed by atoms with Crippen LogP contribution in [0.3, 0.4) is 0 Å². The van der Waals surface area contributed by atoms with Crippen LogP contribution in [0.2, 0.25) is 0 Å². The SMILES string of the molecule is CC(C)c1ncc(C(=O)N[C@@H](C)C(=O)O)s1. The first kappa shape index (κ1) is 12.6. The van der Waals surface area contributed by atoms with Gasteiger partial charge in [0.05, 0.1) is 11.2 Å². The zero-order valence-electron chi connectivity index (χ0n) is 9.35. The summed E-state index contributed by atoms with van der Waals surface area (Å²) in [6.07, 6.45) is 1.48. The average Bonchev–Trinajstić information content (AvgIpc) is 2.65. The third-order valence-corrected chi connectivity index (χ3v) is 3.26. The van der Waals surface area contributed by atoms with Gasteiger partial charge in [-0.2, -0.15) is 0 Å². The van der Waals surface area contributed by atoms with E-state index in [1.165, 1.54) is 24.5 Å². The molecule has 2 N–H and O–H groups in total. The monoisotopic (exact) mass is 242 g/mol. The Balaban J connectivity index is 2.70. The maximum absolute atomic E-state index is 11.6. The molecule has 1 aromatic rings. The Bertz CT molecular complexity index is 401.